The number of halogens is 1. The van der Waals surface area contributed by atoms with E-state index in [-0.39, 0.29) is 5.91 Å². The Labute approximate surface area is 162 Å². The number of amides is 1. The third-order valence-corrected chi connectivity index (χ3v) is 4.14. The van der Waals surface area contributed by atoms with Crippen molar-refractivity contribution in [2.24, 2.45) is 0 Å². The van der Waals surface area contributed by atoms with Gasteiger partial charge in [-0.3, -0.25) is 4.79 Å². The minimum atomic E-state index is -0.227. The number of carbonyl (C=O) groups is 1. The van der Waals surface area contributed by atoms with Crippen LogP contribution in [0.5, 0.6) is 5.75 Å². The summed E-state index contributed by atoms with van der Waals surface area (Å²) in [7, 11) is 1.62. The van der Waals surface area contributed by atoms with Gasteiger partial charge in [-0.25, -0.2) is 9.97 Å². The summed E-state index contributed by atoms with van der Waals surface area (Å²) in [5.41, 5.74) is 2.44. The second-order valence-electron chi connectivity index (χ2n) is 5.81. The number of nitrogens with zero attached hydrogens (tertiary/aromatic N) is 2. The highest BCUT2D eigenvalue weighted by Gasteiger charge is 2.07. The number of nitrogens with one attached hydrogen (secondary N) is 2. The number of rotatable bonds is 7. The molecule has 0 saturated heterocycles. The molecule has 27 heavy (non-hydrogen) atoms. The van der Waals surface area contributed by atoms with E-state index >= 15 is 0 Å². The van der Waals surface area contributed by atoms with E-state index in [9.17, 15) is 4.79 Å². The molecule has 1 amide bonds. The first-order valence-corrected chi connectivity index (χ1v) is 8.73. The molecule has 3 aromatic rings. The first-order valence-electron chi connectivity index (χ1n) is 8.35. The third-order valence-electron chi connectivity index (χ3n) is 3.89. The Kier molecular flexibility index (Phi) is 6.22. The lowest BCUT2D eigenvalue weighted by Gasteiger charge is -2.07. The SMILES string of the molecule is COc1ccc(CNC(=O)c2cnc(NCc3ccc(Cl)cc3)nc2)cc1. The van der Waals surface area contributed by atoms with Crippen LogP contribution in [0.4, 0.5) is 5.95 Å². The topological polar surface area (TPSA) is 76.1 Å². The average Bonchev–Trinajstić information content (AvgIpc) is 2.72. The summed E-state index contributed by atoms with van der Waals surface area (Å²) in [6, 6.07) is 15.0. The molecule has 0 aliphatic rings. The Morgan fingerprint density at radius 3 is 2.19 bits per heavy atom. The van der Waals surface area contributed by atoms with Crippen LogP contribution < -0.4 is 15.4 Å². The van der Waals surface area contributed by atoms with E-state index in [0.717, 1.165) is 16.9 Å². The molecule has 0 radical (unpaired) electrons. The summed E-state index contributed by atoms with van der Waals surface area (Å²) >= 11 is 5.87. The molecule has 0 aliphatic heterocycles. The summed E-state index contributed by atoms with van der Waals surface area (Å²) in [4.78, 5) is 20.6. The largest absolute Gasteiger partial charge is 0.497 e. The van der Waals surface area contributed by atoms with Crippen molar-refractivity contribution < 1.29 is 9.53 Å². The summed E-state index contributed by atoms with van der Waals surface area (Å²) in [6.45, 7) is 0.986. The van der Waals surface area contributed by atoms with Gasteiger partial charge in [0.1, 0.15) is 5.75 Å². The van der Waals surface area contributed by atoms with Crippen LogP contribution in [0.15, 0.2) is 60.9 Å². The molecule has 0 atom stereocenters. The fourth-order valence-corrected chi connectivity index (χ4v) is 2.47. The Bertz CT molecular complexity index is 881. The number of hydrogen-bond acceptors (Lipinski definition) is 5. The minimum absolute atomic E-state index is 0.227. The van der Waals surface area contributed by atoms with E-state index in [1.807, 2.05) is 48.5 Å². The van der Waals surface area contributed by atoms with E-state index in [1.54, 1.807) is 7.11 Å². The molecule has 3 rings (SSSR count). The van der Waals surface area contributed by atoms with Crippen molar-refractivity contribution >= 4 is 23.5 Å². The number of anilines is 1. The summed E-state index contributed by atoms with van der Waals surface area (Å²) in [5, 5.41) is 6.64. The summed E-state index contributed by atoms with van der Waals surface area (Å²) < 4.78 is 5.11. The van der Waals surface area contributed by atoms with Crippen molar-refractivity contribution in [1.82, 2.24) is 15.3 Å². The maximum absolute atomic E-state index is 12.2. The molecule has 1 heterocycles. The van der Waals surface area contributed by atoms with Gasteiger partial charge in [0.2, 0.25) is 5.95 Å². The van der Waals surface area contributed by atoms with Crippen molar-refractivity contribution in [1.29, 1.82) is 0 Å². The summed E-state index contributed by atoms with van der Waals surface area (Å²) in [6.07, 6.45) is 3.00. The molecular formula is C20H19ClN4O2. The van der Waals surface area contributed by atoms with Crippen LogP contribution in [0.3, 0.4) is 0 Å². The monoisotopic (exact) mass is 382 g/mol. The van der Waals surface area contributed by atoms with Crippen LogP contribution in [0.1, 0.15) is 21.5 Å². The zero-order chi connectivity index (χ0) is 19.1. The molecule has 1 aromatic heterocycles. The van der Waals surface area contributed by atoms with Crippen molar-refractivity contribution in [3.8, 4) is 5.75 Å². The van der Waals surface area contributed by atoms with Gasteiger partial charge in [0.05, 0.1) is 12.7 Å². The number of hydrogen-bond donors (Lipinski definition) is 2. The van der Waals surface area contributed by atoms with Crippen molar-refractivity contribution in [2.75, 3.05) is 12.4 Å². The Hall–Kier alpha value is -3.12. The van der Waals surface area contributed by atoms with E-state index in [4.69, 9.17) is 16.3 Å². The zero-order valence-corrected chi connectivity index (χ0v) is 15.5. The molecule has 7 heteroatoms. The first kappa shape index (κ1) is 18.7. The fourth-order valence-electron chi connectivity index (χ4n) is 2.35. The molecule has 0 bridgehead atoms. The number of aromatic nitrogens is 2. The fraction of sp³-hybridized carbons (Fsp3) is 0.150. The number of ether oxygens (including phenoxy) is 1. The Morgan fingerprint density at radius 2 is 1.56 bits per heavy atom. The van der Waals surface area contributed by atoms with Gasteiger partial charge >= 0.3 is 0 Å². The predicted molar refractivity (Wildman–Crippen MR) is 105 cm³/mol. The molecule has 0 saturated carbocycles. The van der Waals surface area contributed by atoms with E-state index < -0.39 is 0 Å². The van der Waals surface area contributed by atoms with Gasteiger partial charge < -0.3 is 15.4 Å². The maximum atomic E-state index is 12.2. The van der Waals surface area contributed by atoms with Crippen LogP contribution in [0, 0.1) is 0 Å². The van der Waals surface area contributed by atoms with Gasteiger partial charge in [-0.1, -0.05) is 35.9 Å². The van der Waals surface area contributed by atoms with E-state index in [0.29, 0.717) is 29.6 Å². The maximum Gasteiger partial charge on any atom is 0.254 e. The first-order chi connectivity index (χ1) is 13.1. The molecule has 0 spiro atoms. The Balaban J connectivity index is 1.51. The summed E-state index contributed by atoms with van der Waals surface area (Å²) in [5.74, 6) is 1.01. The lowest BCUT2D eigenvalue weighted by Crippen LogP contribution is -2.23. The van der Waals surface area contributed by atoms with Gasteiger partial charge in [-0.2, -0.15) is 0 Å². The van der Waals surface area contributed by atoms with Gasteiger partial charge in [-0.15, -0.1) is 0 Å². The highest BCUT2D eigenvalue weighted by Crippen LogP contribution is 2.12. The van der Waals surface area contributed by atoms with E-state index in [2.05, 4.69) is 20.6 Å². The molecular weight excluding hydrogens is 364 g/mol. The lowest BCUT2D eigenvalue weighted by molar-refractivity contribution is 0.0950. The van der Waals surface area contributed by atoms with Crippen LogP contribution in [0.2, 0.25) is 5.02 Å². The highest BCUT2D eigenvalue weighted by molar-refractivity contribution is 6.30. The van der Waals surface area contributed by atoms with Crippen molar-refractivity contribution in [3.63, 3.8) is 0 Å². The lowest BCUT2D eigenvalue weighted by atomic mass is 10.2. The second-order valence-corrected chi connectivity index (χ2v) is 6.24. The van der Waals surface area contributed by atoms with Crippen LogP contribution >= 0.6 is 11.6 Å². The second kappa shape index (κ2) is 9.00. The van der Waals surface area contributed by atoms with E-state index in [1.165, 1.54) is 12.4 Å². The number of carbonyl (C=O) groups excluding carboxylic acids is 1. The third kappa shape index (κ3) is 5.43. The van der Waals surface area contributed by atoms with Gasteiger partial charge in [0.15, 0.2) is 0 Å². The average molecular weight is 383 g/mol. The van der Waals surface area contributed by atoms with Crippen molar-refractivity contribution in [3.05, 3.63) is 82.6 Å². The quantitative estimate of drug-likeness (QED) is 0.651. The van der Waals surface area contributed by atoms with Crippen LogP contribution in [-0.4, -0.2) is 23.0 Å². The molecule has 6 nitrogen and oxygen atoms in total. The molecule has 2 aromatic carbocycles. The van der Waals surface area contributed by atoms with Crippen LogP contribution in [0.25, 0.3) is 0 Å². The molecule has 0 unspecified atom stereocenters. The Morgan fingerprint density at radius 1 is 0.963 bits per heavy atom. The molecule has 138 valence electrons. The normalized spacial score (nSPS) is 10.3. The van der Waals surface area contributed by atoms with Gasteiger partial charge in [0, 0.05) is 30.5 Å². The molecule has 0 aliphatic carbocycles. The smallest absolute Gasteiger partial charge is 0.254 e. The van der Waals surface area contributed by atoms with Gasteiger partial charge in [0.25, 0.3) is 5.91 Å². The molecule has 0 fully saturated rings. The number of benzene rings is 2. The molecule has 2 N–H and O–H groups in total. The highest BCUT2D eigenvalue weighted by atomic mass is 35.5. The standard InChI is InChI=1S/C20H19ClN4O2/c1-27-18-8-4-15(5-9-18)10-22-19(26)16-12-24-20(25-13-16)23-11-14-2-6-17(21)7-3-14/h2-9,12-13H,10-11H2,1H3,(H,22,26)(H,23,24,25). The predicted octanol–water partition coefficient (Wildman–Crippen LogP) is 3.68. The van der Waals surface area contributed by atoms with Gasteiger partial charge in [-0.05, 0) is 35.4 Å². The minimum Gasteiger partial charge on any atom is -0.497 e. The number of methoxy groups -OCH3 is 1. The zero-order valence-electron chi connectivity index (χ0n) is 14.8. The van der Waals surface area contributed by atoms with Crippen LogP contribution in [-0.2, 0) is 13.1 Å². The van der Waals surface area contributed by atoms with Crippen molar-refractivity contribution in [2.45, 2.75) is 13.1 Å².